The van der Waals surface area contributed by atoms with Gasteiger partial charge in [-0.1, -0.05) is 30.3 Å². The van der Waals surface area contributed by atoms with Gasteiger partial charge in [0.1, 0.15) is 6.61 Å². The van der Waals surface area contributed by atoms with Crippen LogP contribution in [-0.2, 0) is 6.61 Å². The lowest BCUT2D eigenvalue weighted by Crippen LogP contribution is -2.06. The number of aromatic nitrogens is 2. The molecule has 0 saturated carbocycles. The maximum Gasteiger partial charge on any atom is 0.411 e. The van der Waals surface area contributed by atoms with Crippen molar-refractivity contribution in [2.24, 2.45) is 0 Å². The van der Waals surface area contributed by atoms with Crippen LogP contribution in [0, 0.1) is 0 Å². The number of anilines is 1. The van der Waals surface area contributed by atoms with Crippen molar-refractivity contribution in [1.82, 2.24) is 9.36 Å². The lowest BCUT2D eigenvalue weighted by atomic mass is 10.2. The van der Waals surface area contributed by atoms with Crippen LogP contribution >= 0.6 is 11.5 Å². The molecule has 0 spiro atoms. The highest BCUT2D eigenvalue weighted by Crippen LogP contribution is 2.16. The van der Waals surface area contributed by atoms with E-state index >= 15 is 0 Å². The molecule has 2 rings (SSSR count). The van der Waals surface area contributed by atoms with Crippen LogP contribution in [0.25, 0.3) is 0 Å². The second-order valence-electron chi connectivity index (χ2n) is 3.09. The first-order valence-corrected chi connectivity index (χ1v) is 5.52. The molecule has 0 unspecified atom stereocenters. The third-order valence-electron chi connectivity index (χ3n) is 1.83. The van der Waals surface area contributed by atoms with Gasteiger partial charge < -0.3 is 9.84 Å². The Hall–Kier alpha value is -2.15. The number of nitrogens with zero attached hydrogens (tertiary/aromatic N) is 2. The van der Waals surface area contributed by atoms with E-state index in [9.17, 15) is 4.79 Å². The van der Waals surface area contributed by atoms with Crippen molar-refractivity contribution in [1.29, 1.82) is 0 Å². The maximum atomic E-state index is 10.3. The predicted octanol–water partition coefficient (Wildman–Crippen LogP) is 2.21. The molecule has 2 aromatic rings. The monoisotopic (exact) mass is 251 g/mol. The first-order valence-electron chi connectivity index (χ1n) is 4.74. The standard InChI is InChI=1S/C10H9N3O3S/c14-10(15)12-9-11-8(13-17-9)16-6-7-4-2-1-3-5-7/h1-5H,6H2,(H,14,15)(H,11,12,13). The number of rotatable bonds is 4. The second kappa shape index (κ2) is 5.26. The topological polar surface area (TPSA) is 84.3 Å². The van der Waals surface area contributed by atoms with Crippen molar-refractivity contribution in [2.75, 3.05) is 5.32 Å². The molecule has 0 radical (unpaired) electrons. The minimum absolute atomic E-state index is 0.169. The van der Waals surface area contributed by atoms with Crippen LogP contribution in [0.1, 0.15) is 5.56 Å². The molecule has 88 valence electrons. The molecule has 1 amide bonds. The molecule has 0 saturated heterocycles. The highest BCUT2D eigenvalue weighted by molar-refractivity contribution is 7.10. The van der Waals surface area contributed by atoms with Gasteiger partial charge in [-0.3, -0.25) is 5.32 Å². The Balaban J connectivity index is 1.91. The van der Waals surface area contributed by atoms with E-state index in [1.54, 1.807) is 0 Å². The molecule has 0 aliphatic rings. The summed E-state index contributed by atoms with van der Waals surface area (Å²) < 4.78 is 9.18. The van der Waals surface area contributed by atoms with Gasteiger partial charge in [-0.05, 0) is 5.56 Å². The van der Waals surface area contributed by atoms with Gasteiger partial charge in [-0.2, -0.15) is 4.98 Å². The van der Waals surface area contributed by atoms with Gasteiger partial charge >= 0.3 is 12.1 Å². The van der Waals surface area contributed by atoms with Crippen molar-refractivity contribution in [2.45, 2.75) is 6.61 Å². The number of hydrogen-bond acceptors (Lipinski definition) is 5. The molecule has 0 bridgehead atoms. The highest BCUT2D eigenvalue weighted by atomic mass is 32.1. The molecule has 17 heavy (non-hydrogen) atoms. The van der Waals surface area contributed by atoms with Gasteiger partial charge in [0.25, 0.3) is 0 Å². The van der Waals surface area contributed by atoms with E-state index < -0.39 is 6.09 Å². The zero-order valence-electron chi connectivity index (χ0n) is 8.66. The minimum atomic E-state index is -1.17. The fourth-order valence-electron chi connectivity index (χ4n) is 1.13. The third kappa shape index (κ3) is 3.42. The fourth-order valence-corrected chi connectivity index (χ4v) is 1.64. The largest absolute Gasteiger partial charge is 0.465 e. The first kappa shape index (κ1) is 11.3. The predicted molar refractivity (Wildman–Crippen MR) is 62.3 cm³/mol. The Labute approximate surface area is 101 Å². The summed E-state index contributed by atoms with van der Waals surface area (Å²) in [4.78, 5) is 14.2. The van der Waals surface area contributed by atoms with Crippen molar-refractivity contribution in [3.8, 4) is 6.01 Å². The Morgan fingerprint density at radius 2 is 2.18 bits per heavy atom. The van der Waals surface area contributed by atoms with Crippen LogP contribution in [0.5, 0.6) is 6.01 Å². The normalized spacial score (nSPS) is 9.88. The molecular weight excluding hydrogens is 242 g/mol. The van der Waals surface area contributed by atoms with Gasteiger partial charge in [0.2, 0.25) is 5.13 Å². The van der Waals surface area contributed by atoms with E-state index in [4.69, 9.17) is 9.84 Å². The van der Waals surface area contributed by atoms with Gasteiger partial charge in [0.05, 0.1) is 0 Å². The average Bonchev–Trinajstić information content (AvgIpc) is 2.75. The van der Waals surface area contributed by atoms with Gasteiger partial charge in [0.15, 0.2) is 0 Å². The van der Waals surface area contributed by atoms with E-state index in [1.165, 1.54) is 0 Å². The zero-order valence-corrected chi connectivity index (χ0v) is 9.48. The summed E-state index contributed by atoms with van der Waals surface area (Å²) >= 11 is 0.935. The summed E-state index contributed by atoms with van der Waals surface area (Å²) in [5.74, 6) is 0. The Morgan fingerprint density at radius 1 is 1.41 bits per heavy atom. The molecule has 7 heteroatoms. The van der Waals surface area contributed by atoms with E-state index in [0.717, 1.165) is 17.1 Å². The van der Waals surface area contributed by atoms with Crippen LogP contribution in [0.4, 0.5) is 9.93 Å². The molecule has 0 aliphatic heterocycles. The first-order chi connectivity index (χ1) is 8.24. The molecule has 0 atom stereocenters. The number of carboxylic acid groups (broad SMARTS) is 1. The van der Waals surface area contributed by atoms with Crippen molar-refractivity contribution >= 4 is 22.8 Å². The van der Waals surface area contributed by atoms with Gasteiger partial charge in [-0.15, -0.1) is 4.37 Å². The third-order valence-corrected chi connectivity index (χ3v) is 2.45. The van der Waals surface area contributed by atoms with Gasteiger partial charge in [-0.25, -0.2) is 4.79 Å². The number of nitrogens with one attached hydrogen (secondary N) is 1. The summed E-state index contributed by atoms with van der Waals surface area (Å²) in [6.45, 7) is 0.351. The number of benzene rings is 1. The van der Waals surface area contributed by atoms with Crippen LogP contribution in [0.3, 0.4) is 0 Å². The summed E-state index contributed by atoms with van der Waals surface area (Å²) in [6, 6.07) is 9.74. The average molecular weight is 251 g/mol. The molecule has 2 N–H and O–H groups in total. The Bertz CT molecular complexity index is 501. The summed E-state index contributed by atoms with van der Waals surface area (Å²) in [5, 5.41) is 10.8. The lowest BCUT2D eigenvalue weighted by Gasteiger charge is -2.00. The van der Waals surface area contributed by atoms with Crippen LogP contribution < -0.4 is 10.1 Å². The molecular formula is C10H9N3O3S. The highest BCUT2D eigenvalue weighted by Gasteiger charge is 2.07. The van der Waals surface area contributed by atoms with E-state index in [-0.39, 0.29) is 11.1 Å². The van der Waals surface area contributed by atoms with Crippen LogP contribution in [0.15, 0.2) is 30.3 Å². The number of carbonyl (C=O) groups is 1. The number of amides is 1. The Morgan fingerprint density at radius 3 is 2.88 bits per heavy atom. The summed E-state index contributed by atoms with van der Waals surface area (Å²) in [5.41, 5.74) is 0.995. The smallest absolute Gasteiger partial charge is 0.411 e. The maximum absolute atomic E-state index is 10.3. The van der Waals surface area contributed by atoms with Crippen LogP contribution in [-0.4, -0.2) is 20.6 Å². The van der Waals surface area contributed by atoms with Crippen LogP contribution in [0.2, 0.25) is 0 Å². The molecule has 0 aliphatic carbocycles. The van der Waals surface area contributed by atoms with Crippen molar-refractivity contribution < 1.29 is 14.6 Å². The lowest BCUT2D eigenvalue weighted by molar-refractivity contribution is 0.209. The zero-order chi connectivity index (χ0) is 12.1. The minimum Gasteiger partial charge on any atom is -0.465 e. The summed E-state index contributed by atoms with van der Waals surface area (Å²) in [6.07, 6.45) is -1.17. The SMILES string of the molecule is O=C(O)Nc1nc(OCc2ccccc2)ns1. The molecule has 1 heterocycles. The van der Waals surface area contributed by atoms with E-state index in [1.807, 2.05) is 30.3 Å². The summed E-state index contributed by atoms with van der Waals surface area (Å²) in [7, 11) is 0. The second-order valence-corrected chi connectivity index (χ2v) is 3.84. The fraction of sp³-hybridized carbons (Fsp3) is 0.100. The molecule has 1 aromatic carbocycles. The number of hydrogen-bond donors (Lipinski definition) is 2. The van der Waals surface area contributed by atoms with Gasteiger partial charge in [0, 0.05) is 11.5 Å². The van der Waals surface area contributed by atoms with E-state index in [0.29, 0.717) is 6.61 Å². The molecule has 0 fully saturated rings. The van der Waals surface area contributed by atoms with Crippen molar-refractivity contribution in [3.05, 3.63) is 35.9 Å². The Kier molecular flexibility index (Phi) is 3.51. The van der Waals surface area contributed by atoms with Crippen molar-refractivity contribution in [3.63, 3.8) is 0 Å². The number of ether oxygens (including phenoxy) is 1. The molecule has 6 nitrogen and oxygen atoms in total. The van der Waals surface area contributed by atoms with E-state index in [2.05, 4.69) is 14.7 Å². The molecule has 1 aromatic heterocycles. The quantitative estimate of drug-likeness (QED) is 0.870.